The second kappa shape index (κ2) is 4.11. The molecule has 0 spiro atoms. The summed E-state index contributed by atoms with van der Waals surface area (Å²) in [6, 6.07) is 3.05. The van der Waals surface area contributed by atoms with E-state index in [9.17, 15) is 0 Å². The maximum absolute atomic E-state index is 8.72. The Balaban J connectivity index is 1.99. The average Bonchev–Trinajstić information content (AvgIpc) is 2.19. The van der Waals surface area contributed by atoms with Gasteiger partial charge in [0.15, 0.2) is 0 Å². The molecule has 2 aliphatic rings. The molecule has 0 aromatic carbocycles. The summed E-state index contributed by atoms with van der Waals surface area (Å²) in [5.74, 6) is 0.913. The molecule has 2 fully saturated rings. The second-order valence-electron chi connectivity index (χ2n) is 4.38. The third-order valence-corrected chi connectivity index (χ3v) is 3.63. The minimum atomic E-state index is 0.654. The van der Waals surface area contributed by atoms with Crippen molar-refractivity contribution in [3.63, 3.8) is 0 Å². The third kappa shape index (κ3) is 1.86. The molecule has 1 aliphatic carbocycles. The normalized spacial score (nSPS) is 35.0. The fourth-order valence-corrected chi connectivity index (χ4v) is 3.02. The largest absolute Gasteiger partial charge is 0.287 e. The van der Waals surface area contributed by atoms with Gasteiger partial charge in [0, 0.05) is 6.04 Å². The molecule has 13 heavy (non-hydrogen) atoms. The lowest BCUT2D eigenvalue weighted by Crippen LogP contribution is -2.46. The van der Waals surface area contributed by atoms with Crippen molar-refractivity contribution in [3.05, 3.63) is 0 Å². The molecule has 1 saturated heterocycles. The molecule has 2 unspecified atom stereocenters. The van der Waals surface area contributed by atoms with Crippen molar-refractivity contribution in [1.82, 2.24) is 4.90 Å². The Morgan fingerprint density at radius 1 is 1.15 bits per heavy atom. The molecule has 1 aliphatic heterocycles. The van der Waals surface area contributed by atoms with Gasteiger partial charge in [-0.05, 0) is 38.1 Å². The van der Waals surface area contributed by atoms with Gasteiger partial charge in [-0.2, -0.15) is 5.26 Å². The van der Waals surface area contributed by atoms with E-state index in [4.69, 9.17) is 5.26 Å². The summed E-state index contributed by atoms with van der Waals surface area (Å²) in [6.07, 6.45) is 8.26. The number of hydrogen-bond donors (Lipinski definition) is 0. The van der Waals surface area contributed by atoms with E-state index in [1.807, 2.05) is 0 Å². The molecule has 1 heterocycles. The van der Waals surface area contributed by atoms with Gasteiger partial charge >= 0.3 is 0 Å². The van der Waals surface area contributed by atoms with E-state index in [-0.39, 0.29) is 0 Å². The van der Waals surface area contributed by atoms with Gasteiger partial charge in [0.25, 0.3) is 0 Å². The van der Waals surface area contributed by atoms with Crippen LogP contribution in [0.5, 0.6) is 0 Å². The third-order valence-electron chi connectivity index (χ3n) is 3.63. The lowest BCUT2D eigenvalue weighted by Gasteiger charge is -2.43. The smallest absolute Gasteiger partial charge is 0.0868 e. The Morgan fingerprint density at radius 2 is 1.92 bits per heavy atom. The number of fused-ring (bicyclic) bond motifs is 1. The van der Waals surface area contributed by atoms with Crippen LogP contribution in [-0.4, -0.2) is 24.0 Å². The number of piperidine rings is 1. The molecule has 2 nitrogen and oxygen atoms in total. The van der Waals surface area contributed by atoms with E-state index >= 15 is 0 Å². The maximum atomic E-state index is 8.72. The summed E-state index contributed by atoms with van der Waals surface area (Å²) >= 11 is 0. The molecule has 0 bridgehead atoms. The van der Waals surface area contributed by atoms with Crippen LogP contribution in [0.15, 0.2) is 0 Å². The molecule has 2 atom stereocenters. The molecule has 72 valence electrons. The molecular weight excluding hydrogens is 160 g/mol. The molecule has 0 amide bonds. The zero-order valence-corrected chi connectivity index (χ0v) is 8.21. The van der Waals surface area contributed by atoms with E-state index < -0.39 is 0 Å². The van der Waals surface area contributed by atoms with Crippen molar-refractivity contribution < 1.29 is 0 Å². The quantitative estimate of drug-likeness (QED) is 0.575. The van der Waals surface area contributed by atoms with Gasteiger partial charge in [-0.15, -0.1) is 0 Å². The van der Waals surface area contributed by atoms with E-state index in [0.29, 0.717) is 6.54 Å². The lowest BCUT2D eigenvalue weighted by molar-refractivity contribution is 0.0725. The van der Waals surface area contributed by atoms with Crippen molar-refractivity contribution in [3.8, 4) is 6.07 Å². The van der Waals surface area contributed by atoms with Crippen LogP contribution in [-0.2, 0) is 0 Å². The fraction of sp³-hybridized carbons (Fsp3) is 0.909. The van der Waals surface area contributed by atoms with Crippen LogP contribution in [0.1, 0.15) is 38.5 Å². The van der Waals surface area contributed by atoms with Gasteiger partial charge in [-0.3, -0.25) is 4.90 Å². The maximum Gasteiger partial charge on any atom is 0.0868 e. The molecule has 0 aromatic rings. The van der Waals surface area contributed by atoms with Crippen molar-refractivity contribution in [2.45, 2.75) is 44.6 Å². The Kier molecular flexibility index (Phi) is 2.85. The lowest BCUT2D eigenvalue weighted by atomic mass is 9.78. The fourth-order valence-electron chi connectivity index (χ4n) is 3.02. The molecule has 2 rings (SSSR count). The van der Waals surface area contributed by atoms with Gasteiger partial charge in [-0.1, -0.05) is 12.8 Å². The molecular formula is C11H18N2. The highest BCUT2D eigenvalue weighted by Gasteiger charge is 2.32. The van der Waals surface area contributed by atoms with Crippen molar-refractivity contribution in [1.29, 1.82) is 5.26 Å². The molecule has 0 aromatic heterocycles. The van der Waals surface area contributed by atoms with Crippen LogP contribution < -0.4 is 0 Å². The number of hydrogen-bond acceptors (Lipinski definition) is 2. The first-order chi connectivity index (χ1) is 6.42. The SMILES string of the molecule is N#CCN1CCCC2CCCCC21. The molecule has 0 radical (unpaired) electrons. The Bertz CT molecular complexity index is 205. The second-order valence-corrected chi connectivity index (χ2v) is 4.38. The first kappa shape index (κ1) is 9.02. The number of likely N-dealkylation sites (tertiary alicyclic amines) is 1. The molecule has 2 heteroatoms. The van der Waals surface area contributed by atoms with E-state index in [0.717, 1.165) is 18.5 Å². The number of rotatable bonds is 1. The van der Waals surface area contributed by atoms with Gasteiger partial charge in [0.05, 0.1) is 12.6 Å². The van der Waals surface area contributed by atoms with Crippen molar-refractivity contribution >= 4 is 0 Å². The monoisotopic (exact) mass is 178 g/mol. The summed E-state index contributed by atoms with van der Waals surface area (Å²) in [5.41, 5.74) is 0. The van der Waals surface area contributed by atoms with Crippen LogP contribution in [0.4, 0.5) is 0 Å². The van der Waals surface area contributed by atoms with Crippen molar-refractivity contribution in [2.75, 3.05) is 13.1 Å². The Morgan fingerprint density at radius 3 is 2.77 bits per heavy atom. The van der Waals surface area contributed by atoms with Crippen LogP contribution in [0, 0.1) is 17.2 Å². The van der Waals surface area contributed by atoms with Crippen LogP contribution in [0.25, 0.3) is 0 Å². The summed E-state index contributed by atoms with van der Waals surface area (Å²) in [6.45, 7) is 1.82. The highest BCUT2D eigenvalue weighted by atomic mass is 15.2. The highest BCUT2D eigenvalue weighted by molar-refractivity contribution is 4.90. The summed E-state index contributed by atoms with van der Waals surface area (Å²) in [4.78, 5) is 2.41. The van der Waals surface area contributed by atoms with Crippen molar-refractivity contribution in [2.24, 2.45) is 5.92 Å². The Labute approximate surface area is 80.5 Å². The van der Waals surface area contributed by atoms with Crippen LogP contribution >= 0.6 is 0 Å². The number of nitrogens with zero attached hydrogens (tertiary/aromatic N) is 2. The average molecular weight is 178 g/mol. The first-order valence-corrected chi connectivity index (χ1v) is 5.53. The zero-order valence-electron chi connectivity index (χ0n) is 8.21. The topological polar surface area (TPSA) is 27.0 Å². The van der Waals surface area contributed by atoms with E-state index in [1.54, 1.807) is 0 Å². The van der Waals surface area contributed by atoms with Crippen LogP contribution in [0.2, 0.25) is 0 Å². The molecule has 0 N–H and O–H groups in total. The predicted molar refractivity (Wildman–Crippen MR) is 52.2 cm³/mol. The standard InChI is InChI=1S/C11H18N2/c12-7-9-13-8-3-5-10-4-1-2-6-11(10)13/h10-11H,1-6,8-9H2. The summed E-state index contributed by atoms with van der Waals surface area (Å²) in [7, 11) is 0. The molecule has 1 saturated carbocycles. The predicted octanol–water partition coefficient (Wildman–Crippen LogP) is 2.16. The van der Waals surface area contributed by atoms with E-state index in [2.05, 4.69) is 11.0 Å². The van der Waals surface area contributed by atoms with Gasteiger partial charge in [-0.25, -0.2) is 0 Å². The number of nitriles is 1. The summed E-state index contributed by atoms with van der Waals surface area (Å²) in [5, 5.41) is 8.72. The van der Waals surface area contributed by atoms with Gasteiger partial charge in [0.2, 0.25) is 0 Å². The first-order valence-electron chi connectivity index (χ1n) is 5.53. The minimum absolute atomic E-state index is 0.654. The van der Waals surface area contributed by atoms with Gasteiger partial charge in [0.1, 0.15) is 0 Å². The summed E-state index contributed by atoms with van der Waals surface area (Å²) < 4.78 is 0. The highest BCUT2D eigenvalue weighted by Crippen LogP contribution is 2.34. The van der Waals surface area contributed by atoms with Crippen LogP contribution in [0.3, 0.4) is 0 Å². The van der Waals surface area contributed by atoms with E-state index in [1.165, 1.54) is 38.5 Å². The minimum Gasteiger partial charge on any atom is -0.287 e. The zero-order chi connectivity index (χ0) is 9.10. The Hall–Kier alpha value is -0.550. The van der Waals surface area contributed by atoms with Gasteiger partial charge < -0.3 is 0 Å².